The second-order valence-electron chi connectivity index (χ2n) is 4.43. The molecule has 0 radical (unpaired) electrons. The molecule has 4 N–H and O–H groups in total. The van der Waals surface area contributed by atoms with Crippen LogP contribution < -0.4 is 11.1 Å². The molecule has 18 heavy (non-hydrogen) atoms. The van der Waals surface area contributed by atoms with Gasteiger partial charge in [-0.05, 0) is 18.9 Å². The molecule has 1 saturated carbocycles. The summed E-state index contributed by atoms with van der Waals surface area (Å²) < 4.78 is 0. The summed E-state index contributed by atoms with van der Waals surface area (Å²) in [6.07, 6.45) is 2.50. The normalized spacial score (nSPS) is 23.0. The van der Waals surface area contributed by atoms with Crippen LogP contribution >= 0.6 is 11.6 Å². The van der Waals surface area contributed by atoms with Crippen molar-refractivity contribution in [2.24, 2.45) is 11.7 Å². The summed E-state index contributed by atoms with van der Waals surface area (Å²) in [5.74, 6) is -0.129. The molecule has 0 spiro atoms. The average Bonchev–Trinajstić information content (AvgIpc) is 2.73. The monoisotopic (exact) mass is 270 g/mol. The first kappa shape index (κ1) is 13.0. The number of halogens is 1. The van der Waals surface area contributed by atoms with E-state index in [4.69, 9.17) is 17.3 Å². The number of primary amides is 1. The minimum absolute atomic E-state index is 0.121. The molecule has 1 aliphatic carbocycles. The van der Waals surface area contributed by atoms with Crippen molar-refractivity contribution in [3.8, 4) is 0 Å². The molecule has 98 valence electrons. The van der Waals surface area contributed by atoms with Gasteiger partial charge in [0.25, 0.3) is 5.91 Å². The Morgan fingerprint density at radius 1 is 1.56 bits per heavy atom. The number of amides is 1. The fourth-order valence-corrected chi connectivity index (χ4v) is 2.32. The van der Waals surface area contributed by atoms with E-state index in [0.29, 0.717) is 12.4 Å². The summed E-state index contributed by atoms with van der Waals surface area (Å²) in [5, 5.41) is 20.3. The zero-order valence-corrected chi connectivity index (χ0v) is 10.5. The number of hydrogen-bond acceptors (Lipinski definition) is 5. The van der Waals surface area contributed by atoms with Gasteiger partial charge in [0, 0.05) is 12.5 Å². The Balaban J connectivity index is 2.06. The molecule has 1 aromatic rings. The van der Waals surface area contributed by atoms with Crippen LogP contribution in [0.5, 0.6) is 0 Å². The topological polar surface area (TPSA) is 101 Å². The molecular weight excluding hydrogens is 256 g/mol. The van der Waals surface area contributed by atoms with Crippen molar-refractivity contribution >= 4 is 23.3 Å². The predicted molar refractivity (Wildman–Crippen MR) is 67.4 cm³/mol. The number of aliphatic hydroxyl groups excluding tert-OH is 1. The Hall–Kier alpha value is -1.40. The number of aromatic nitrogens is 2. The van der Waals surface area contributed by atoms with Crippen molar-refractivity contribution in [2.75, 3.05) is 11.9 Å². The van der Waals surface area contributed by atoms with E-state index in [1.807, 2.05) is 0 Å². The largest absolute Gasteiger partial charge is 0.393 e. The lowest BCUT2D eigenvalue weighted by atomic mass is 10.1. The van der Waals surface area contributed by atoms with Crippen LogP contribution in [0.3, 0.4) is 0 Å². The number of anilines is 1. The first-order chi connectivity index (χ1) is 8.58. The van der Waals surface area contributed by atoms with Gasteiger partial charge in [-0.25, -0.2) is 0 Å². The second kappa shape index (κ2) is 5.49. The number of carbonyl (C=O) groups excluding carboxylic acids is 1. The van der Waals surface area contributed by atoms with Crippen molar-refractivity contribution in [2.45, 2.75) is 25.4 Å². The summed E-state index contributed by atoms with van der Waals surface area (Å²) in [6.45, 7) is 0.539. The van der Waals surface area contributed by atoms with Crippen LogP contribution in [-0.4, -0.2) is 33.9 Å². The summed E-state index contributed by atoms with van der Waals surface area (Å²) in [4.78, 5) is 11.2. The summed E-state index contributed by atoms with van der Waals surface area (Å²) in [5.41, 5.74) is 5.45. The summed E-state index contributed by atoms with van der Waals surface area (Å²) in [6, 6.07) is 1.38. The van der Waals surface area contributed by atoms with E-state index in [0.717, 1.165) is 19.3 Å². The van der Waals surface area contributed by atoms with Gasteiger partial charge in [-0.1, -0.05) is 18.0 Å². The van der Waals surface area contributed by atoms with Gasteiger partial charge < -0.3 is 16.2 Å². The van der Waals surface area contributed by atoms with Gasteiger partial charge in [0.05, 0.1) is 11.7 Å². The number of nitrogens with one attached hydrogen (secondary N) is 1. The predicted octanol–water partition coefficient (Wildman–Crippen LogP) is 0.802. The van der Waals surface area contributed by atoms with Gasteiger partial charge in [0.15, 0.2) is 11.0 Å². The van der Waals surface area contributed by atoms with E-state index >= 15 is 0 Å². The van der Waals surface area contributed by atoms with Gasteiger partial charge in [-0.3, -0.25) is 4.79 Å². The van der Waals surface area contributed by atoms with Crippen LogP contribution in [0.1, 0.15) is 29.6 Å². The Bertz CT molecular complexity index is 455. The van der Waals surface area contributed by atoms with Crippen LogP contribution in [-0.2, 0) is 0 Å². The maximum Gasteiger partial charge on any atom is 0.252 e. The van der Waals surface area contributed by atoms with E-state index in [9.17, 15) is 9.90 Å². The van der Waals surface area contributed by atoms with E-state index in [1.165, 1.54) is 6.07 Å². The lowest BCUT2D eigenvalue weighted by Gasteiger charge is -2.16. The van der Waals surface area contributed by atoms with Gasteiger partial charge in [0.2, 0.25) is 0 Å². The summed E-state index contributed by atoms with van der Waals surface area (Å²) in [7, 11) is 0. The van der Waals surface area contributed by atoms with Gasteiger partial charge in [-0.15, -0.1) is 10.2 Å². The van der Waals surface area contributed by atoms with Crippen molar-refractivity contribution in [1.82, 2.24) is 10.2 Å². The molecule has 0 bridgehead atoms. The standard InChI is InChI=1S/C11H15ClN4O2/c12-9-4-7(10(13)18)11(16-15-9)14-5-6-2-1-3-8(6)17/h4,6,8,17H,1-3,5H2,(H2,13,18)(H,14,16). The van der Waals surface area contributed by atoms with Crippen molar-refractivity contribution in [1.29, 1.82) is 0 Å². The van der Waals surface area contributed by atoms with Crippen LogP contribution in [0.25, 0.3) is 0 Å². The van der Waals surface area contributed by atoms with Crippen LogP contribution in [0.15, 0.2) is 6.07 Å². The minimum atomic E-state index is -0.610. The third kappa shape index (κ3) is 2.88. The number of rotatable bonds is 4. The third-order valence-electron chi connectivity index (χ3n) is 3.18. The lowest BCUT2D eigenvalue weighted by Crippen LogP contribution is -2.24. The van der Waals surface area contributed by atoms with Crippen LogP contribution in [0.4, 0.5) is 5.82 Å². The molecule has 2 atom stereocenters. The first-order valence-electron chi connectivity index (χ1n) is 5.83. The van der Waals surface area contributed by atoms with Gasteiger partial charge >= 0.3 is 0 Å². The summed E-state index contributed by atoms with van der Waals surface area (Å²) >= 11 is 5.66. The van der Waals surface area contributed by atoms with Crippen LogP contribution in [0.2, 0.25) is 5.15 Å². The van der Waals surface area contributed by atoms with E-state index in [2.05, 4.69) is 15.5 Å². The highest BCUT2D eigenvalue weighted by molar-refractivity contribution is 6.29. The maximum absolute atomic E-state index is 11.2. The highest BCUT2D eigenvalue weighted by Crippen LogP contribution is 2.26. The Morgan fingerprint density at radius 2 is 2.33 bits per heavy atom. The molecule has 6 nitrogen and oxygen atoms in total. The Morgan fingerprint density at radius 3 is 2.94 bits per heavy atom. The fourth-order valence-electron chi connectivity index (χ4n) is 2.17. The number of hydrogen-bond donors (Lipinski definition) is 3. The number of aliphatic hydroxyl groups is 1. The van der Waals surface area contributed by atoms with Crippen LogP contribution in [0, 0.1) is 5.92 Å². The number of nitrogens with zero attached hydrogens (tertiary/aromatic N) is 2. The Kier molecular flexibility index (Phi) is 3.98. The molecule has 0 aliphatic heterocycles. The minimum Gasteiger partial charge on any atom is -0.393 e. The van der Waals surface area contributed by atoms with Crippen molar-refractivity contribution < 1.29 is 9.90 Å². The molecule has 2 rings (SSSR count). The second-order valence-corrected chi connectivity index (χ2v) is 4.82. The molecule has 1 fully saturated rings. The SMILES string of the molecule is NC(=O)c1cc(Cl)nnc1NCC1CCCC1O. The highest BCUT2D eigenvalue weighted by atomic mass is 35.5. The molecule has 7 heteroatoms. The first-order valence-corrected chi connectivity index (χ1v) is 6.20. The highest BCUT2D eigenvalue weighted by Gasteiger charge is 2.25. The lowest BCUT2D eigenvalue weighted by molar-refractivity contribution is 0.100. The van der Waals surface area contributed by atoms with E-state index in [1.54, 1.807) is 0 Å². The average molecular weight is 271 g/mol. The number of carbonyl (C=O) groups is 1. The molecule has 1 aliphatic rings. The molecule has 0 aromatic carbocycles. The number of nitrogens with two attached hydrogens (primary N) is 1. The third-order valence-corrected chi connectivity index (χ3v) is 3.36. The van der Waals surface area contributed by atoms with Gasteiger partial charge in [-0.2, -0.15) is 0 Å². The van der Waals surface area contributed by atoms with Crippen molar-refractivity contribution in [3.05, 3.63) is 16.8 Å². The zero-order valence-electron chi connectivity index (χ0n) is 9.77. The zero-order chi connectivity index (χ0) is 13.1. The Labute approximate surface area is 110 Å². The maximum atomic E-state index is 11.2. The smallest absolute Gasteiger partial charge is 0.252 e. The van der Waals surface area contributed by atoms with E-state index in [-0.39, 0.29) is 22.7 Å². The van der Waals surface area contributed by atoms with E-state index < -0.39 is 5.91 Å². The molecule has 2 unspecified atom stereocenters. The van der Waals surface area contributed by atoms with Gasteiger partial charge in [0.1, 0.15) is 0 Å². The quantitative estimate of drug-likeness (QED) is 0.751. The molecular formula is C11H15ClN4O2. The molecule has 0 saturated heterocycles. The molecule has 1 amide bonds. The fraction of sp³-hybridized carbons (Fsp3) is 0.545. The van der Waals surface area contributed by atoms with Crippen molar-refractivity contribution in [3.63, 3.8) is 0 Å². The molecule has 1 heterocycles. The molecule has 1 aromatic heterocycles.